The minimum Gasteiger partial charge on any atom is -0.481 e. The van der Waals surface area contributed by atoms with Gasteiger partial charge in [0.25, 0.3) is 0 Å². The van der Waals surface area contributed by atoms with Gasteiger partial charge >= 0.3 is 5.97 Å². The molecule has 1 heterocycles. The lowest BCUT2D eigenvalue weighted by atomic mass is 9.89. The van der Waals surface area contributed by atoms with Crippen molar-refractivity contribution in [2.24, 2.45) is 0 Å². The second-order valence-corrected chi connectivity index (χ2v) is 4.39. The average molecular weight is 207 g/mol. The Hall–Kier alpha value is -1.25. The number of H-pyrrole nitrogens is 1. The van der Waals surface area contributed by atoms with Crippen LogP contribution in [0.3, 0.4) is 0 Å². The van der Waals surface area contributed by atoms with E-state index in [-0.39, 0.29) is 5.92 Å². The van der Waals surface area contributed by atoms with Crippen molar-refractivity contribution in [1.29, 1.82) is 0 Å². The molecule has 0 bridgehead atoms. The Morgan fingerprint density at radius 1 is 1.40 bits per heavy atom. The Morgan fingerprint density at radius 2 is 2.07 bits per heavy atom. The Labute approximate surface area is 89.5 Å². The molecule has 0 fully saturated rings. The van der Waals surface area contributed by atoms with E-state index < -0.39 is 5.97 Å². The molecule has 1 aromatic rings. The summed E-state index contributed by atoms with van der Waals surface area (Å²) in [6.45, 7) is 3.75. The summed E-state index contributed by atoms with van der Waals surface area (Å²) >= 11 is 0. The third-order valence-electron chi connectivity index (χ3n) is 3.34. The first-order valence-electron chi connectivity index (χ1n) is 5.54. The van der Waals surface area contributed by atoms with E-state index in [4.69, 9.17) is 5.11 Å². The van der Waals surface area contributed by atoms with E-state index in [1.54, 1.807) is 6.92 Å². The highest BCUT2D eigenvalue weighted by Crippen LogP contribution is 2.31. The summed E-state index contributed by atoms with van der Waals surface area (Å²) in [5.41, 5.74) is 4.60. The molecule has 0 radical (unpaired) electrons. The maximum atomic E-state index is 11.0. The largest absolute Gasteiger partial charge is 0.481 e. The van der Waals surface area contributed by atoms with E-state index in [1.807, 2.05) is 6.92 Å². The highest BCUT2D eigenvalue weighted by atomic mass is 16.4. The van der Waals surface area contributed by atoms with Crippen molar-refractivity contribution >= 4 is 5.97 Å². The first kappa shape index (κ1) is 10.3. The number of aliphatic carboxylic acids is 1. The fourth-order valence-corrected chi connectivity index (χ4v) is 2.57. The van der Waals surface area contributed by atoms with Crippen LogP contribution >= 0.6 is 0 Å². The summed E-state index contributed by atoms with van der Waals surface area (Å²) in [7, 11) is 0. The van der Waals surface area contributed by atoms with Crippen LogP contribution < -0.4 is 0 Å². The minimum atomic E-state index is -0.731. The predicted octanol–water partition coefficient (Wildman–Crippen LogP) is 2.39. The van der Waals surface area contributed by atoms with E-state index in [2.05, 4.69) is 4.98 Å². The van der Waals surface area contributed by atoms with Gasteiger partial charge in [-0.3, -0.25) is 4.79 Å². The lowest BCUT2D eigenvalue weighted by molar-refractivity contribution is -0.138. The molecule has 0 saturated heterocycles. The Morgan fingerprint density at radius 3 is 2.73 bits per heavy atom. The van der Waals surface area contributed by atoms with Gasteiger partial charge in [-0.15, -0.1) is 0 Å². The highest BCUT2D eigenvalue weighted by Gasteiger charge is 2.25. The third-order valence-corrected chi connectivity index (χ3v) is 3.34. The monoisotopic (exact) mass is 207 g/mol. The zero-order valence-electron chi connectivity index (χ0n) is 9.26. The molecule has 2 rings (SSSR count). The van der Waals surface area contributed by atoms with Gasteiger partial charge in [0.15, 0.2) is 0 Å². The highest BCUT2D eigenvalue weighted by molar-refractivity contribution is 5.77. The van der Waals surface area contributed by atoms with Crippen molar-refractivity contribution in [3.8, 4) is 0 Å². The maximum Gasteiger partial charge on any atom is 0.310 e. The molecule has 3 heteroatoms. The van der Waals surface area contributed by atoms with Gasteiger partial charge < -0.3 is 10.1 Å². The fraction of sp³-hybridized carbons (Fsp3) is 0.583. The van der Waals surface area contributed by atoms with E-state index in [0.717, 1.165) is 24.1 Å². The van der Waals surface area contributed by atoms with Crippen LogP contribution in [0.5, 0.6) is 0 Å². The van der Waals surface area contributed by atoms with E-state index in [0.29, 0.717) is 0 Å². The van der Waals surface area contributed by atoms with Crippen molar-refractivity contribution < 1.29 is 9.90 Å². The number of aromatic amines is 1. The molecule has 0 aromatic carbocycles. The zero-order valence-corrected chi connectivity index (χ0v) is 9.26. The van der Waals surface area contributed by atoms with Crippen molar-refractivity contribution in [1.82, 2.24) is 4.98 Å². The quantitative estimate of drug-likeness (QED) is 0.782. The molecule has 0 amide bonds. The van der Waals surface area contributed by atoms with Gasteiger partial charge in [-0.1, -0.05) is 0 Å². The molecule has 1 aliphatic carbocycles. The van der Waals surface area contributed by atoms with E-state index >= 15 is 0 Å². The Bertz CT molecular complexity index is 393. The Kier molecular flexibility index (Phi) is 2.55. The molecule has 1 aromatic heterocycles. The summed E-state index contributed by atoms with van der Waals surface area (Å²) in [6.07, 6.45) is 4.51. The number of rotatable bonds is 2. The number of aryl methyl sites for hydroxylation is 2. The molecule has 1 unspecified atom stereocenters. The van der Waals surface area contributed by atoms with Crippen molar-refractivity contribution in [2.75, 3.05) is 0 Å². The molecule has 1 atom stereocenters. The average Bonchev–Trinajstić information content (AvgIpc) is 2.52. The number of carbonyl (C=O) groups is 1. The number of aromatic nitrogens is 1. The summed E-state index contributed by atoms with van der Waals surface area (Å²) < 4.78 is 0. The first-order valence-corrected chi connectivity index (χ1v) is 5.54. The first-order chi connectivity index (χ1) is 7.11. The number of fused-ring (bicyclic) bond motifs is 1. The van der Waals surface area contributed by atoms with Crippen LogP contribution in [0.4, 0.5) is 0 Å². The van der Waals surface area contributed by atoms with E-state index in [9.17, 15) is 4.79 Å². The maximum absolute atomic E-state index is 11.0. The van der Waals surface area contributed by atoms with Crippen LogP contribution in [0.2, 0.25) is 0 Å². The molecule has 2 N–H and O–H groups in total. The second kappa shape index (κ2) is 3.72. The lowest BCUT2D eigenvalue weighted by Gasteiger charge is -2.14. The van der Waals surface area contributed by atoms with Crippen LogP contribution in [0.1, 0.15) is 48.2 Å². The summed E-state index contributed by atoms with van der Waals surface area (Å²) in [5, 5.41) is 9.07. The zero-order chi connectivity index (χ0) is 11.0. The molecule has 0 aliphatic heterocycles. The second-order valence-electron chi connectivity index (χ2n) is 4.39. The summed E-state index contributed by atoms with van der Waals surface area (Å²) in [4.78, 5) is 14.4. The minimum absolute atomic E-state index is 0.386. The number of hydrogen-bond acceptors (Lipinski definition) is 1. The lowest BCUT2D eigenvalue weighted by Crippen LogP contribution is -2.11. The van der Waals surface area contributed by atoms with Crippen LogP contribution in [0.25, 0.3) is 0 Å². The Balaban J connectivity index is 2.46. The van der Waals surface area contributed by atoms with Gasteiger partial charge in [-0.25, -0.2) is 0 Å². The predicted molar refractivity (Wildman–Crippen MR) is 58.2 cm³/mol. The molecular formula is C12H17NO2. The number of carboxylic acids is 1. The fourth-order valence-electron chi connectivity index (χ4n) is 2.57. The SMILES string of the molecule is Cc1[nH]c2c(c1C(C)C(=O)O)CCCC2. The van der Waals surface area contributed by atoms with Crippen LogP contribution in [-0.4, -0.2) is 16.1 Å². The normalized spacial score (nSPS) is 17.2. The van der Waals surface area contributed by atoms with Crippen LogP contribution in [0.15, 0.2) is 0 Å². The molecule has 1 aliphatic rings. The number of hydrogen-bond donors (Lipinski definition) is 2. The van der Waals surface area contributed by atoms with E-state index in [1.165, 1.54) is 24.1 Å². The molecule has 15 heavy (non-hydrogen) atoms. The smallest absolute Gasteiger partial charge is 0.310 e. The molecule has 82 valence electrons. The third kappa shape index (κ3) is 1.66. The van der Waals surface area contributed by atoms with Gasteiger partial charge in [-0.05, 0) is 50.7 Å². The summed E-state index contributed by atoms with van der Waals surface area (Å²) in [5.74, 6) is -1.12. The van der Waals surface area contributed by atoms with Gasteiger partial charge in [0.05, 0.1) is 5.92 Å². The molecular weight excluding hydrogens is 190 g/mol. The molecule has 3 nitrogen and oxygen atoms in total. The van der Waals surface area contributed by atoms with Crippen molar-refractivity contribution in [2.45, 2.75) is 45.4 Å². The van der Waals surface area contributed by atoms with Gasteiger partial charge in [0.2, 0.25) is 0 Å². The number of nitrogens with one attached hydrogen (secondary N) is 1. The summed E-state index contributed by atoms with van der Waals surface area (Å²) in [6, 6.07) is 0. The topological polar surface area (TPSA) is 53.1 Å². The van der Waals surface area contributed by atoms with Gasteiger partial charge in [0, 0.05) is 11.4 Å². The van der Waals surface area contributed by atoms with Crippen LogP contribution in [0, 0.1) is 6.92 Å². The standard InChI is InChI=1S/C12H17NO2/c1-7(12(14)15)11-8(2)13-10-6-4-3-5-9(10)11/h7,13H,3-6H2,1-2H3,(H,14,15). The molecule has 0 spiro atoms. The van der Waals surface area contributed by atoms with Crippen molar-refractivity contribution in [3.05, 3.63) is 22.5 Å². The van der Waals surface area contributed by atoms with Gasteiger partial charge in [0.1, 0.15) is 0 Å². The van der Waals surface area contributed by atoms with Gasteiger partial charge in [-0.2, -0.15) is 0 Å². The molecule has 0 saturated carbocycles. The number of carboxylic acid groups (broad SMARTS) is 1. The van der Waals surface area contributed by atoms with Crippen molar-refractivity contribution in [3.63, 3.8) is 0 Å². The van der Waals surface area contributed by atoms with Crippen LogP contribution in [-0.2, 0) is 17.6 Å².